The molecule has 0 aliphatic rings. The van der Waals surface area contributed by atoms with Gasteiger partial charge in [-0.15, -0.1) is 0 Å². The molecule has 0 aromatic carbocycles. The maximum atomic E-state index is 4.40. The van der Waals surface area contributed by atoms with Crippen LogP contribution in [0.5, 0.6) is 0 Å². The van der Waals surface area contributed by atoms with Crippen molar-refractivity contribution >= 4 is 23.5 Å². The number of anilines is 2. The van der Waals surface area contributed by atoms with Crippen LogP contribution in [-0.2, 0) is 0 Å². The number of nitrogens with zero attached hydrogens (tertiary/aromatic N) is 2. The van der Waals surface area contributed by atoms with Gasteiger partial charge in [0.15, 0.2) is 0 Å². The van der Waals surface area contributed by atoms with Crippen LogP contribution in [-0.4, -0.2) is 35.1 Å². The van der Waals surface area contributed by atoms with Crippen molar-refractivity contribution in [2.45, 2.75) is 20.3 Å². The minimum atomic E-state index is 0.716. The summed E-state index contributed by atoms with van der Waals surface area (Å²) in [6.45, 7) is 5.96. The van der Waals surface area contributed by atoms with Gasteiger partial charge in [0.25, 0.3) is 0 Å². The Labute approximate surface area is 102 Å². The van der Waals surface area contributed by atoms with Crippen LogP contribution in [0.4, 0.5) is 11.8 Å². The lowest BCUT2D eigenvalue weighted by Crippen LogP contribution is -2.10. The highest BCUT2D eigenvalue weighted by Crippen LogP contribution is 2.09. The number of nitrogens with one attached hydrogen (secondary N) is 2. The largest absolute Gasteiger partial charge is 0.369 e. The van der Waals surface area contributed by atoms with E-state index in [0.29, 0.717) is 5.95 Å². The minimum absolute atomic E-state index is 0.716. The quantitative estimate of drug-likeness (QED) is 0.717. The molecule has 0 amide bonds. The molecule has 0 saturated carbocycles. The molecule has 16 heavy (non-hydrogen) atoms. The molecular formula is C11H20N4S. The van der Waals surface area contributed by atoms with Crippen LogP contribution in [0.25, 0.3) is 0 Å². The van der Waals surface area contributed by atoms with Crippen molar-refractivity contribution in [3.05, 3.63) is 11.8 Å². The summed E-state index contributed by atoms with van der Waals surface area (Å²) < 4.78 is 0. The lowest BCUT2D eigenvalue weighted by atomic mass is 10.4. The van der Waals surface area contributed by atoms with E-state index in [1.165, 1.54) is 0 Å². The first-order valence-electron chi connectivity index (χ1n) is 5.58. The van der Waals surface area contributed by atoms with Crippen LogP contribution in [0.1, 0.15) is 19.0 Å². The van der Waals surface area contributed by atoms with Gasteiger partial charge in [0.05, 0.1) is 0 Å². The predicted octanol–water partition coefficient (Wildman–Crippen LogP) is 2.38. The van der Waals surface area contributed by atoms with Crippen molar-refractivity contribution in [3.8, 4) is 0 Å². The van der Waals surface area contributed by atoms with Crippen molar-refractivity contribution in [1.29, 1.82) is 0 Å². The molecule has 0 fully saturated rings. The van der Waals surface area contributed by atoms with Crippen LogP contribution in [0.15, 0.2) is 6.07 Å². The second-order valence-corrected chi connectivity index (χ2v) is 4.55. The van der Waals surface area contributed by atoms with Crippen LogP contribution in [0.2, 0.25) is 0 Å². The summed E-state index contributed by atoms with van der Waals surface area (Å²) in [6, 6.07) is 1.97. The maximum Gasteiger partial charge on any atom is 0.224 e. The lowest BCUT2D eigenvalue weighted by Gasteiger charge is -2.08. The number of thioether (sulfide) groups is 1. The third-order valence-corrected chi connectivity index (χ3v) is 2.61. The van der Waals surface area contributed by atoms with E-state index in [1.54, 1.807) is 0 Å². The Balaban J connectivity index is 2.58. The van der Waals surface area contributed by atoms with Gasteiger partial charge in [0.1, 0.15) is 5.82 Å². The van der Waals surface area contributed by atoms with E-state index < -0.39 is 0 Å². The van der Waals surface area contributed by atoms with Crippen LogP contribution in [0, 0.1) is 6.92 Å². The standard InChI is InChI=1S/C11H20N4S/c1-4-5-13-11-14-9(2)8-10(15-11)12-6-7-16-3/h8H,4-7H2,1-3H3,(H2,12,13,14,15). The summed E-state index contributed by atoms with van der Waals surface area (Å²) in [7, 11) is 0. The highest BCUT2D eigenvalue weighted by atomic mass is 32.2. The number of aromatic nitrogens is 2. The lowest BCUT2D eigenvalue weighted by molar-refractivity contribution is 0.945. The Hall–Kier alpha value is -0.970. The molecule has 0 saturated heterocycles. The molecule has 1 heterocycles. The van der Waals surface area contributed by atoms with E-state index in [1.807, 2.05) is 24.8 Å². The Morgan fingerprint density at radius 3 is 2.75 bits per heavy atom. The van der Waals surface area contributed by atoms with E-state index in [4.69, 9.17) is 0 Å². The van der Waals surface area contributed by atoms with E-state index in [2.05, 4.69) is 33.8 Å². The first-order chi connectivity index (χ1) is 7.76. The summed E-state index contributed by atoms with van der Waals surface area (Å²) >= 11 is 1.82. The molecule has 0 unspecified atom stereocenters. The smallest absolute Gasteiger partial charge is 0.224 e. The van der Waals surface area contributed by atoms with Gasteiger partial charge in [-0.3, -0.25) is 0 Å². The molecule has 0 radical (unpaired) electrons. The Morgan fingerprint density at radius 2 is 2.06 bits per heavy atom. The maximum absolute atomic E-state index is 4.40. The highest BCUT2D eigenvalue weighted by molar-refractivity contribution is 7.98. The van der Waals surface area contributed by atoms with Crippen molar-refractivity contribution in [2.75, 3.05) is 35.7 Å². The van der Waals surface area contributed by atoms with E-state index in [0.717, 1.165) is 36.8 Å². The van der Waals surface area contributed by atoms with E-state index >= 15 is 0 Å². The molecule has 0 atom stereocenters. The van der Waals surface area contributed by atoms with E-state index in [9.17, 15) is 0 Å². The molecule has 90 valence electrons. The second kappa shape index (κ2) is 7.33. The zero-order valence-corrected chi connectivity index (χ0v) is 11.0. The van der Waals surface area contributed by atoms with Crippen molar-refractivity contribution in [3.63, 3.8) is 0 Å². The number of hydrogen-bond donors (Lipinski definition) is 2. The normalized spacial score (nSPS) is 10.2. The highest BCUT2D eigenvalue weighted by Gasteiger charge is 2.00. The van der Waals surface area contributed by atoms with E-state index in [-0.39, 0.29) is 0 Å². The molecule has 1 aromatic rings. The van der Waals surface area contributed by atoms with Crippen molar-refractivity contribution in [2.24, 2.45) is 0 Å². The van der Waals surface area contributed by atoms with Crippen molar-refractivity contribution < 1.29 is 0 Å². The molecule has 0 aliphatic carbocycles. The fourth-order valence-electron chi connectivity index (χ4n) is 1.26. The first kappa shape index (κ1) is 13.1. The van der Waals surface area contributed by atoms with Crippen LogP contribution < -0.4 is 10.6 Å². The van der Waals surface area contributed by atoms with Gasteiger partial charge in [0.2, 0.25) is 5.95 Å². The van der Waals surface area contributed by atoms with Crippen molar-refractivity contribution in [1.82, 2.24) is 9.97 Å². The molecule has 1 aromatic heterocycles. The molecule has 0 bridgehead atoms. The van der Waals surface area contributed by atoms with Crippen LogP contribution in [0.3, 0.4) is 0 Å². The van der Waals surface area contributed by atoms with Gasteiger partial charge in [-0.2, -0.15) is 16.7 Å². The summed E-state index contributed by atoms with van der Waals surface area (Å²) in [6.07, 6.45) is 3.17. The zero-order valence-electron chi connectivity index (χ0n) is 10.2. The minimum Gasteiger partial charge on any atom is -0.369 e. The second-order valence-electron chi connectivity index (χ2n) is 3.56. The fraction of sp³-hybridized carbons (Fsp3) is 0.636. The summed E-state index contributed by atoms with van der Waals surface area (Å²) in [5.74, 6) is 2.70. The molecular weight excluding hydrogens is 220 g/mol. The van der Waals surface area contributed by atoms with Gasteiger partial charge in [-0.05, 0) is 19.6 Å². The summed E-state index contributed by atoms with van der Waals surface area (Å²) in [5, 5.41) is 6.49. The van der Waals surface area contributed by atoms with Gasteiger partial charge < -0.3 is 10.6 Å². The average Bonchev–Trinajstić information content (AvgIpc) is 2.26. The van der Waals surface area contributed by atoms with Gasteiger partial charge >= 0.3 is 0 Å². The Morgan fingerprint density at radius 1 is 1.25 bits per heavy atom. The summed E-state index contributed by atoms with van der Waals surface area (Å²) in [5.41, 5.74) is 0.986. The SMILES string of the molecule is CCCNc1nc(C)cc(NCCSC)n1. The molecule has 0 spiro atoms. The van der Waals surface area contributed by atoms with Crippen LogP contribution >= 0.6 is 11.8 Å². The number of hydrogen-bond acceptors (Lipinski definition) is 5. The van der Waals surface area contributed by atoms with Gasteiger partial charge in [0, 0.05) is 30.6 Å². The Kier molecular flexibility index (Phi) is 6.00. The molecule has 4 nitrogen and oxygen atoms in total. The molecule has 5 heteroatoms. The van der Waals surface area contributed by atoms with Gasteiger partial charge in [-0.25, -0.2) is 4.98 Å². The fourth-order valence-corrected chi connectivity index (χ4v) is 1.56. The predicted molar refractivity (Wildman–Crippen MR) is 72.4 cm³/mol. The van der Waals surface area contributed by atoms with Gasteiger partial charge in [-0.1, -0.05) is 6.92 Å². The molecule has 1 rings (SSSR count). The third-order valence-electron chi connectivity index (χ3n) is 2.00. The number of rotatable bonds is 7. The number of aryl methyl sites for hydroxylation is 1. The summed E-state index contributed by atoms with van der Waals surface area (Å²) in [4.78, 5) is 8.73. The first-order valence-corrected chi connectivity index (χ1v) is 6.98. The molecule has 2 N–H and O–H groups in total. The third kappa shape index (κ3) is 4.70. The Bertz CT molecular complexity index is 317. The molecule has 0 aliphatic heterocycles. The topological polar surface area (TPSA) is 49.8 Å². The zero-order chi connectivity index (χ0) is 11.8. The average molecular weight is 240 g/mol. The monoisotopic (exact) mass is 240 g/mol.